The van der Waals surface area contributed by atoms with Gasteiger partial charge in [0.2, 0.25) is 0 Å². The molecule has 0 aliphatic heterocycles. The highest BCUT2D eigenvalue weighted by Crippen LogP contribution is 2.07. The van der Waals surface area contributed by atoms with Gasteiger partial charge >= 0.3 is 5.97 Å². The van der Waals surface area contributed by atoms with Crippen LogP contribution in [-0.2, 0) is 14.3 Å². The lowest BCUT2D eigenvalue weighted by atomic mass is 10.1. The van der Waals surface area contributed by atoms with Crippen LogP contribution in [0.5, 0.6) is 0 Å². The number of hydrogen-bond donors (Lipinski definition) is 0. The molecule has 0 fully saturated rings. The van der Waals surface area contributed by atoms with E-state index in [1.807, 2.05) is 6.92 Å². The Bertz CT molecular complexity index is 154. The fourth-order valence-electron chi connectivity index (χ4n) is 1.18. The van der Waals surface area contributed by atoms with Gasteiger partial charge in [-0.1, -0.05) is 6.42 Å². The first-order valence-electron chi connectivity index (χ1n) is 4.77. The maximum atomic E-state index is 10.5. The van der Waals surface area contributed by atoms with Crippen molar-refractivity contribution in [1.29, 1.82) is 0 Å². The normalized spacial score (nSPS) is 12.2. The highest BCUT2D eigenvalue weighted by atomic mass is 16.5. The Labute approximate surface area is 79.5 Å². The molecule has 0 rings (SSSR count). The van der Waals surface area contributed by atoms with Gasteiger partial charge in [-0.2, -0.15) is 0 Å². The Balaban J connectivity index is 3.21. The van der Waals surface area contributed by atoms with Crippen molar-refractivity contribution >= 4 is 12.3 Å². The molecule has 0 aromatic carbocycles. The van der Waals surface area contributed by atoms with Crippen molar-refractivity contribution in [3.05, 3.63) is 0 Å². The van der Waals surface area contributed by atoms with Crippen molar-refractivity contribution in [3.63, 3.8) is 0 Å². The Morgan fingerprint density at radius 3 is 2.62 bits per heavy atom. The number of aldehydes is 1. The zero-order valence-electron chi connectivity index (χ0n) is 8.41. The number of esters is 1. The molecule has 0 aromatic rings. The summed E-state index contributed by atoms with van der Waals surface area (Å²) in [6, 6.07) is 0. The van der Waals surface area contributed by atoms with Crippen LogP contribution in [0.25, 0.3) is 0 Å². The van der Waals surface area contributed by atoms with E-state index in [9.17, 15) is 9.59 Å². The molecule has 0 radical (unpaired) electrons. The average Bonchev–Trinajstić information content (AvgIpc) is 2.02. The van der Waals surface area contributed by atoms with Gasteiger partial charge in [-0.3, -0.25) is 4.79 Å². The first-order chi connectivity index (χ1) is 6.16. The SMILES string of the molecule is CC(=O)O[C@@H](C)CCCCCC=O. The van der Waals surface area contributed by atoms with E-state index in [1.54, 1.807) is 0 Å². The molecular formula is C10H18O3. The summed E-state index contributed by atoms with van der Waals surface area (Å²) in [6.07, 6.45) is 5.47. The molecule has 13 heavy (non-hydrogen) atoms. The van der Waals surface area contributed by atoms with Gasteiger partial charge in [0.1, 0.15) is 6.29 Å². The van der Waals surface area contributed by atoms with Crippen LogP contribution in [0.1, 0.15) is 46.0 Å². The number of carbonyl (C=O) groups excluding carboxylic acids is 2. The third-order valence-electron chi connectivity index (χ3n) is 1.80. The Kier molecular flexibility index (Phi) is 7.26. The fraction of sp³-hybridized carbons (Fsp3) is 0.800. The van der Waals surface area contributed by atoms with Crippen LogP contribution in [0.3, 0.4) is 0 Å². The molecule has 0 saturated heterocycles. The second-order valence-corrected chi connectivity index (χ2v) is 3.22. The van der Waals surface area contributed by atoms with Crippen LogP contribution in [0, 0.1) is 0 Å². The van der Waals surface area contributed by atoms with Gasteiger partial charge < -0.3 is 9.53 Å². The molecule has 0 aliphatic rings. The van der Waals surface area contributed by atoms with Gasteiger partial charge in [0, 0.05) is 13.3 Å². The minimum absolute atomic E-state index is 0.00808. The van der Waals surface area contributed by atoms with E-state index >= 15 is 0 Å². The molecule has 0 amide bonds. The number of unbranched alkanes of at least 4 members (excludes halogenated alkanes) is 3. The maximum Gasteiger partial charge on any atom is 0.302 e. The minimum Gasteiger partial charge on any atom is -0.463 e. The standard InChI is InChI=1S/C10H18O3/c1-9(13-10(2)12)7-5-3-4-6-8-11/h8-9H,3-7H2,1-2H3/t9-/m0/s1. The van der Waals surface area contributed by atoms with Crippen molar-refractivity contribution in [2.75, 3.05) is 0 Å². The summed E-state index contributed by atoms with van der Waals surface area (Å²) in [4.78, 5) is 20.5. The summed E-state index contributed by atoms with van der Waals surface area (Å²) in [5, 5.41) is 0. The predicted octanol–water partition coefficient (Wildman–Crippen LogP) is 2.09. The number of carbonyl (C=O) groups is 2. The average molecular weight is 186 g/mol. The second kappa shape index (κ2) is 7.77. The zero-order chi connectivity index (χ0) is 10.1. The van der Waals surface area contributed by atoms with Gasteiger partial charge in [-0.25, -0.2) is 0 Å². The number of hydrogen-bond acceptors (Lipinski definition) is 3. The van der Waals surface area contributed by atoms with Crippen LogP contribution in [-0.4, -0.2) is 18.4 Å². The third-order valence-corrected chi connectivity index (χ3v) is 1.80. The molecule has 0 unspecified atom stereocenters. The third kappa shape index (κ3) is 9.05. The maximum absolute atomic E-state index is 10.5. The Hall–Kier alpha value is -0.860. The van der Waals surface area contributed by atoms with Gasteiger partial charge in [-0.05, 0) is 26.2 Å². The molecule has 76 valence electrons. The molecule has 0 spiro atoms. The van der Waals surface area contributed by atoms with E-state index in [1.165, 1.54) is 6.92 Å². The van der Waals surface area contributed by atoms with Gasteiger partial charge in [0.05, 0.1) is 6.10 Å². The smallest absolute Gasteiger partial charge is 0.302 e. The lowest BCUT2D eigenvalue weighted by Crippen LogP contribution is -2.11. The largest absolute Gasteiger partial charge is 0.463 e. The Morgan fingerprint density at radius 2 is 2.08 bits per heavy atom. The molecule has 0 aliphatic carbocycles. The lowest BCUT2D eigenvalue weighted by Gasteiger charge is -2.10. The number of rotatable bonds is 7. The molecule has 0 saturated carbocycles. The summed E-state index contributed by atoms with van der Waals surface area (Å²) in [7, 11) is 0. The first-order valence-corrected chi connectivity index (χ1v) is 4.77. The van der Waals surface area contributed by atoms with Crippen LogP contribution in [0.2, 0.25) is 0 Å². The van der Waals surface area contributed by atoms with Gasteiger partial charge in [0.15, 0.2) is 0 Å². The number of ether oxygens (including phenoxy) is 1. The van der Waals surface area contributed by atoms with E-state index in [2.05, 4.69) is 0 Å². The van der Waals surface area contributed by atoms with Crippen molar-refractivity contribution in [3.8, 4) is 0 Å². The second-order valence-electron chi connectivity index (χ2n) is 3.22. The summed E-state index contributed by atoms with van der Waals surface area (Å²) < 4.78 is 4.95. The summed E-state index contributed by atoms with van der Waals surface area (Å²) in [6.45, 7) is 3.31. The van der Waals surface area contributed by atoms with Crippen LogP contribution in [0.15, 0.2) is 0 Å². The monoisotopic (exact) mass is 186 g/mol. The zero-order valence-corrected chi connectivity index (χ0v) is 8.41. The lowest BCUT2D eigenvalue weighted by molar-refractivity contribution is -0.145. The molecule has 0 N–H and O–H groups in total. The van der Waals surface area contributed by atoms with Gasteiger partial charge in [-0.15, -0.1) is 0 Å². The molecule has 0 heterocycles. The van der Waals surface area contributed by atoms with Crippen molar-refractivity contribution in [2.24, 2.45) is 0 Å². The van der Waals surface area contributed by atoms with Crippen LogP contribution >= 0.6 is 0 Å². The quantitative estimate of drug-likeness (QED) is 0.347. The molecule has 0 bridgehead atoms. The summed E-state index contributed by atoms with van der Waals surface area (Å²) in [5.74, 6) is -0.222. The fourth-order valence-corrected chi connectivity index (χ4v) is 1.18. The van der Waals surface area contributed by atoms with E-state index in [4.69, 9.17) is 4.74 Å². The summed E-state index contributed by atoms with van der Waals surface area (Å²) in [5.41, 5.74) is 0. The van der Waals surface area contributed by atoms with Crippen LogP contribution in [0.4, 0.5) is 0 Å². The van der Waals surface area contributed by atoms with Crippen molar-refractivity contribution in [2.45, 2.75) is 52.1 Å². The molecule has 3 heteroatoms. The van der Waals surface area contributed by atoms with E-state index in [0.717, 1.165) is 32.0 Å². The van der Waals surface area contributed by atoms with Crippen molar-refractivity contribution in [1.82, 2.24) is 0 Å². The Morgan fingerprint density at radius 1 is 1.38 bits per heavy atom. The minimum atomic E-state index is -0.222. The molecule has 3 nitrogen and oxygen atoms in total. The highest BCUT2D eigenvalue weighted by Gasteiger charge is 2.03. The van der Waals surface area contributed by atoms with Crippen molar-refractivity contribution < 1.29 is 14.3 Å². The summed E-state index contributed by atoms with van der Waals surface area (Å²) >= 11 is 0. The van der Waals surface area contributed by atoms with E-state index in [-0.39, 0.29) is 12.1 Å². The predicted molar refractivity (Wildman–Crippen MR) is 50.4 cm³/mol. The first kappa shape index (κ1) is 12.1. The molecule has 0 aromatic heterocycles. The van der Waals surface area contributed by atoms with E-state index < -0.39 is 0 Å². The molecular weight excluding hydrogens is 168 g/mol. The molecule has 1 atom stereocenters. The van der Waals surface area contributed by atoms with E-state index in [0.29, 0.717) is 6.42 Å². The highest BCUT2D eigenvalue weighted by molar-refractivity contribution is 5.66. The van der Waals surface area contributed by atoms with Crippen LogP contribution < -0.4 is 0 Å². The van der Waals surface area contributed by atoms with Gasteiger partial charge in [0.25, 0.3) is 0 Å². The topological polar surface area (TPSA) is 43.4 Å².